The Kier molecular flexibility index (Phi) is 6.61. The standard InChI is InChI=1S/C21H21N5O4S/c1-13-6-3-4-9-16(13)19(28)22-11-17-24-26(21(31)25(17)2)12-18(27)23-15-8-5-7-14(10-15)20(29)30/h3-10H,11-12H2,1-2H3,(H,22,28)(H,23,27)(H,29,30). The number of aromatic nitrogens is 3. The first-order valence-corrected chi connectivity index (χ1v) is 9.77. The molecular weight excluding hydrogens is 418 g/mol. The summed E-state index contributed by atoms with van der Waals surface area (Å²) in [6.07, 6.45) is 0. The van der Waals surface area contributed by atoms with E-state index >= 15 is 0 Å². The van der Waals surface area contributed by atoms with E-state index in [0.29, 0.717) is 21.8 Å². The minimum Gasteiger partial charge on any atom is -0.478 e. The molecular formula is C21H21N5O4S. The van der Waals surface area contributed by atoms with E-state index in [0.717, 1.165) is 5.56 Å². The highest BCUT2D eigenvalue weighted by Crippen LogP contribution is 2.11. The maximum absolute atomic E-state index is 12.4. The number of carbonyl (C=O) groups excluding carboxylic acids is 2. The van der Waals surface area contributed by atoms with Crippen molar-refractivity contribution in [3.63, 3.8) is 0 Å². The van der Waals surface area contributed by atoms with Crippen LogP contribution >= 0.6 is 12.2 Å². The molecule has 0 aliphatic heterocycles. The minimum absolute atomic E-state index is 0.0685. The average Bonchev–Trinajstić information content (AvgIpc) is 3.00. The van der Waals surface area contributed by atoms with Crippen LogP contribution < -0.4 is 10.6 Å². The van der Waals surface area contributed by atoms with Crippen LogP contribution in [-0.4, -0.2) is 37.2 Å². The fraction of sp³-hybridized carbons (Fsp3) is 0.190. The highest BCUT2D eigenvalue weighted by molar-refractivity contribution is 7.71. The Morgan fingerprint density at radius 3 is 2.58 bits per heavy atom. The van der Waals surface area contributed by atoms with Crippen LogP contribution in [0.3, 0.4) is 0 Å². The zero-order valence-electron chi connectivity index (χ0n) is 17.0. The SMILES string of the molecule is Cc1ccccc1C(=O)NCc1nn(CC(=O)Nc2cccc(C(=O)O)c2)c(=S)n1C. The van der Waals surface area contributed by atoms with Crippen molar-refractivity contribution in [3.05, 3.63) is 75.8 Å². The Morgan fingerprint density at radius 2 is 1.87 bits per heavy atom. The second-order valence-electron chi connectivity index (χ2n) is 6.85. The Hall–Kier alpha value is -3.79. The Labute approximate surface area is 183 Å². The summed E-state index contributed by atoms with van der Waals surface area (Å²) in [6, 6.07) is 13.2. The molecule has 3 aromatic rings. The summed E-state index contributed by atoms with van der Waals surface area (Å²) in [7, 11) is 1.70. The molecule has 160 valence electrons. The van der Waals surface area contributed by atoms with E-state index in [9.17, 15) is 14.4 Å². The van der Waals surface area contributed by atoms with Crippen molar-refractivity contribution in [2.24, 2.45) is 7.05 Å². The van der Waals surface area contributed by atoms with E-state index < -0.39 is 11.9 Å². The molecule has 0 spiro atoms. The molecule has 3 rings (SSSR count). The van der Waals surface area contributed by atoms with E-state index in [1.165, 1.54) is 16.8 Å². The van der Waals surface area contributed by atoms with Gasteiger partial charge in [0.1, 0.15) is 6.54 Å². The molecule has 1 aromatic heterocycles. The predicted molar refractivity (Wildman–Crippen MR) is 116 cm³/mol. The number of aromatic carboxylic acids is 1. The lowest BCUT2D eigenvalue weighted by atomic mass is 10.1. The van der Waals surface area contributed by atoms with Gasteiger partial charge < -0.3 is 20.3 Å². The molecule has 9 nitrogen and oxygen atoms in total. The van der Waals surface area contributed by atoms with Gasteiger partial charge in [-0.25, -0.2) is 9.48 Å². The van der Waals surface area contributed by atoms with Crippen molar-refractivity contribution in [3.8, 4) is 0 Å². The van der Waals surface area contributed by atoms with Gasteiger partial charge in [-0.3, -0.25) is 9.59 Å². The van der Waals surface area contributed by atoms with Gasteiger partial charge in [0, 0.05) is 18.3 Å². The van der Waals surface area contributed by atoms with Crippen LogP contribution in [0.2, 0.25) is 0 Å². The van der Waals surface area contributed by atoms with E-state index in [1.54, 1.807) is 35.9 Å². The Morgan fingerprint density at radius 1 is 1.13 bits per heavy atom. The fourth-order valence-corrected chi connectivity index (χ4v) is 3.15. The average molecular weight is 439 g/mol. The lowest BCUT2D eigenvalue weighted by Crippen LogP contribution is -2.25. The molecule has 31 heavy (non-hydrogen) atoms. The van der Waals surface area contributed by atoms with E-state index in [2.05, 4.69) is 15.7 Å². The van der Waals surface area contributed by atoms with Gasteiger partial charge in [-0.2, -0.15) is 5.10 Å². The molecule has 0 saturated heterocycles. The lowest BCUT2D eigenvalue weighted by Gasteiger charge is -2.07. The van der Waals surface area contributed by atoms with Crippen LogP contribution in [0.4, 0.5) is 5.69 Å². The van der Waals surface area contributed by atoms with Crippen molar-refractivity contribution >= 4 is 35.7 Å². The first kappa shape index (κ1) is 21.9. The molecule has 3 N–H and O–H groups in total. The Balaban J connectivity index is 1.66. The van der Waals surface area contributed by atoms with E-state index in [-0.39, 0.29) is 24.6 Å². The molecule has 2 amide bonds. The van der Waals surface area contributed by atoms with E-state index in [4.69, 9.17) is 17.3 Å². The highest BCUT2D eigenvalue weighted by atomic mass is 32.1. The second kappa shape index (κ2) is 9.35. The number of aryl methyl sites for hydroxylation is 1. The molecule has 0 unspecified atom stereocenters. The van der Waals surface area contributed by atoms with Crippen molar-refractivity contribution in [1.82, 2.24) is 19.7 Å². The first-order valence-electron chi connectivity index (χ1n) is 9.36. The van der Waals surface area contributed by atoms with Crippen molar-refractivity contribution in [1.29, 1.82) is 0 Å². The van der Waals surface area contributed by atoms with Crippen LogP contribution in [-0.2, 0) is 24.9 Å². The number of nitrogens with one attached hydrogen (secondary N) is 2. The summed E-state index contributed by atoms with van der Waals surface area (Å²) in [4.78, 5) is 35.9. The monoisotopic (exact) mass is 439 g/mol. The third-order valence-electron chi connectivity index (χ3n) is 4.61. The van der Waals surface area contributed by atoms with Crippen molar-refractivity contribution in [2.45, 2.75) is 20.0 Å². The normalized spacial score (nSPS) is 10.5. The summed E-state index contributed by atoms with van der Waals surface area (Å²) in [6.45, 7) is 1.84. The summed E-state index contributed by atoms with van der Waals surface area (Å²) in [5.41, 5.74) is 1.87. The van der Waals surface area contributed by atoms with Gasteiger partial charge in [0.2, 0.25) is 5.91 Å². The number of carboxylic acids is 1. The van der Waals surface area contributed by atoms with Crippen molar-refractivity contribution < 1.29 is 19.5 Å². The molecule has 0 aliphatic carbocycles. The van der Waals surface area contributed by atoms with Crippen LogP contribution in [0.1, 0.15) is 32.1 Å². The maximum atomic E-state index is 12.4. The molecule has 2 aromatic carbocycles. The van der Waals surface area contributed by atoms with Crippen LogP contribution in [0.25, 0.3) is 0 Å². The molecule has 0 radical (unpaired) electrons. The zero-order valence-corrected chi connectivity index (χ0v) is 17.8. The number of amides is 2. The zero-order chi connectivity index (χ0) is 22.5. The molecule has 10 heteroatoms. The second-order valence-corrected chi connectivity index (χ2v) is 7.21. The maximum Gasteiger partial charge on any atom is 0.335 e. The van der Waals surface area contributed by atoms with Gasteiger partial charge in [0.05, 0.1) is 12.1 Å². The lowest BCUT2D eigenvalue weighted by molar-refractivity contribution is -0.116. The van der Waals surface area contributed by atoms with Gasteiger partial charge >= 0.3 is 5.97 Å². The van der Waals surface area contributed by atoms with Gasteiger partial charge in [0.15, 0.2) is 10.6 Å². The molecule has 0 aliphatic rings. The van der Waals surface area contributed by atoms with Gasteiger partial charge in [-0.15, -0.1) is 0 Å². The van der Waals surface area contributed by atoms with E-state index in [1.807, 2.05) is 19.1 Å². The number of hydrogen-bond acceptors (Lipinski definition) is 5. The third-order valence-corrected chi connectivity index (χ3v) is 5.10. The number of carboxylic acid groups (broad SMARTS) is 1. The number of hydrogen-bond donors (Lipinski definition) is 3. The third kappa shape index (κ3) is 5.23. The summed E-state index contributed by atoms with van der Waals surface area (Å²) in [5.74, 6) is -1.23. The number of nitrogens with zero attached hydrogens (tertiary/aromatic N) is 3. The number of rotatable bonds is 7. The highest BCUT2D eigenvalue weighted by Gasteiger charge is 2.14. The van der Waals surface area contributed by atoms with Gasteiger partial charge in [0.25, 0.3) is 5.91 Å². The quantitative estimate of drug-likeness (QED) is 0.487. The largest absolute Gasteiger partial charge is 0.478 e. The smallest absolute Gasteiger partial charge is 0.335 e. The summed E-state index contributed by atoms with van der Waals surface area (Å²) >= 11 is 5.34. The van der Waals surface area contributed by atoms with Crippen LogP contribution in [0, 0.1) is 11.7 Å². The fourth-order valence-electron chi connectivity index (χ4n) is 2.94. The first-order chi connectivity index (χ1) is 14.8. The number of carbonyl (C=O) groups is 3. The van der Waals surface area contributed by atoms with Crippen LogP contribution in [0.5, 0.6) is 0 Å². The van der Waals surface area contributed by atoms with Crippen LogP contribution in [0.15, 0.2) is 48.5 Å². The Bertz CT molecular complexity index is 1210. The topological polar surface area (TPSA) is 118 Å². The minimum atomic E-state index is -1.08. The van der Waals surface area contributed by atoms with Gasteiger partial charge in [-0.05, 0) is 49.0 Å². The molecule has 0 fully saturated rings. The van der Waals surface area contributed by atoms with Gasteiger partial charge in [-0.1, -0.05) is 24.3 Å². The van der Waals surface area contributed by atoms with Crippen molar-refractivity contribution in [2.75, 3.05) is 5.32 Å². The predicted octanol–water partition coefficient (Wildman–Crippen LogP) is 2.53. The number of anilines is 1. The number of benzene rings is 2. The summed E-state index contributed by atoms with van der Waals surface area (Å²) < 4.78 is 3.28. The molecule has 0 saturated carbocycles. The summed E-state index contributed by atoms with van der Waals surface area (Å²) in [5, 5.41) is 18.8. The molecule has 1 heterocycles. The molecule has 0 atom stereocenters. The molecule has 0 bridgehead atoms.